The Balaban J connectivity index is 1.49. The van der Waals surface area contributed by atoms with Gasteiger partial charge in [0.15, 0.2) is 5.78 Å². The predicted molar refractivity (Wildman–Crippen MR) is 147 cm³/mol. The van der Waals surface area contributed by atoms with Gasteiger partial charge in [0.25, 0.3) is 0 Å². The number of rotatable bonds is 6. The number of morpholine rings is 1. The molecule has 0 aromatic heterocycles. The van der Waals surface area contributed by atoms with E-state index in [9.17, 15) is 9.59 Å². The molecule has 2 N–H and O–H groups in total. The average molecular weight is 523 g/mol. The van der Waals surface area contributed by atoms with Gasteiger partial charge in [-0.2, -0.15) is 0 Å². The topological polar surface area (TPSA) is 73.9 Å². The number of benzene rings is 2. The largest absolute Gasteiger partial charge is 0.379 e. The molecule has 0 saturated carbocycles. The van der Waals surface area contributed by atoms with Gasteiger partial charge in [-0.3, -0.25) is 14.5 Å². The molecule has 1 atom stereocenters. The first-order chi connectivity index (χ1) is 17.8. The van der Waals surface area contributed by atoms with Gasteiger partial charge in [0, 0.05) is 48.9 Å². The minimum atomic E-state index is -0.406. The van der Waals surface area contributed by atoms with Crippen LogP contribution >= 0.6 is 11.6 Å². The molecule has 3 aliphatic rings. The van der Waals surface area contributed by atoms with Crippen molar-refractivity contribution >= 4 is 34.7 Å². The van der Waals surface area contributed by atoms with E-state index in [-0.39, 0.29) is 23.7 Å². The van der Waals surface area contributed by atoms with E-state index in [2.05, 4.69) is 34.3 Å². The number of amides is 1. The maximum atomic E-state index is 13.7. The molecule has 8 heteroatoms. The second-order valence-electron chi connectivity index (χ2n) is 10.9. The molecule has 0 bridgehead atoms. The molecule has 5 rings (SSSR count). The number of Topliss-reactive ketones (excluding diaryl/α,β-unsaturated/α-hetero) is 1. The summed E-state index contributed by atoms with van der Waals surface area (Å²) in [6, 6.07) is 15.2. The van der Waals surface area contributed by atoms with Crippen molar-refractivity contribution < 1.29 is 14.3 Å². The van der Waals surface area contributed by atoms with Crippen molar-refractivity contribution in [3.8, 4) is 0 Å². The van der Waals surface area contributed by atoms with Crippen molar-refractivity contribution in [2.75, 3.05) is 56.2 Å². The summed E-state index contributed by atoms with van der Waals surface area (Å²) in [7, 11) is 0. The van der Waals surface area contributed by atoms with Crippen molar-refractivity contribution in [3.05, 3.63) is 70.4 Å². The third-order valence-corrected chi connectivity index (χ3v) is 7.61. The molecular formula is C29H35ClN4O3. The molecule has 0 radical (unpaired) electrons. The summed E-state index contributed by atoms with van der Waals surface area (Å²) in [6.07, 6.45) is 1.22. The van der Waals surface area contributed by atoms with Crippen molar-refractivity contribution in [1.29, 1.82) is 0 Å². The molecule has 2 heterocycles. The van der Waals surface area contributed by atoms with Crippen molar-refractivity contribution in [2.45, 2.75) is 32.7 Å². The quantitative estimate of drug-likeness (QED) is 0.585. The fourth-order valence-corrected chi connectivity index (χ4v) is 5.73. The summed E-state index contributed by atoms with van der Waals surface area (Å²) in [4.78, 5) is 31.4. The first kappa shape index (κ1) is 25.8. The van der Waals surface area contributed by atoms with Crippen LogP contribution in [0.3, 0.4) is 0 Å². The summed E-state index contributed by atoms with van der Waals surface area (Å²) in [5, 5.41) is 7.32. The van der Waals surface area contributed by atoms with Crippen LogP contribution in [0.25, 0.3) is 0 Å². The summed E-state index contributed by atoms with van der Waals surface area (Å²) in [5.74, 6) is 0.0406. The zero-order valence-corrected chi connectivity index (χ0v) is 22.3. The second-order valence-corrected chi connectivity index (χ2v) is 11.3. The Labute approximate surface area is 223 Å². The molecule has 1 fully saturated rings. The molecule has 1 unspecified atom stereocenters. The van der Waals surface area contributed by atoms with Gasteiger partial charge in [0.2, 0.25) is 5.91 Å². The molecular weight excluding hydrogens is 488 g/mol. The minimum absolute atomic E-state index is 0.0744. The Kier molecular flexibility index (Phi) is 7.56. The number of nitrogens with zero attached hydrogens (tertiary/aromatic N) is 2. The lowest BCUT2D eigenvalue weighted by molar-refractivity contribution is -0.120. The van der Waals surface area contributed by atoms with Gasteiger partial charge in [-0.05, 0) is 41.7 Å². The van der Waals surface area contributed by atoms with Gasteiger partial charge >= 0.3 is 0 Å². The van der Waals surface area contributed by atoms with Crippen LogP contribution in [0.1, 0.15) is 38.3 Å². The van der Waals surface area contributed by atoms with E-state index >= 15 is 0 Å². The number of hydrogen-bond acceptors (Lipinski definition) is 6. The van der Waals surface area contributed by atoms with E-state index in [1.54, 1.807) is 0 Å². The highest BCUT2D eigenvalue weighted by atomic mass is 35.5. The summed E-state index contributed by atoms with van der Waals surface area (Å²) >= 11 is 6.23. The van der Waals surface area contributed by atoms with Gasteiger partial charge in [-0.1, -0.05) is 49.7 Å². The summed E-state index contributed by atoms with van der Waals surface area (Å²) < 4.78 is 5.42. The first-order valence-electron chi connectivity index (χ1n) is 13.0. The van der Waals surface area contributed by atoms with Crippen molar-refractivity contribution in [3.63, 3.8) is 0 Å². The molecule has 1 amide bonds. The van der Waals surface area contributed by atoms with Crippen LogP contribution in [0, 0.1) is 5.41 Å². The van der Waals surface area contributed by atoms with Crippen LogP contribution in [-0.4, -0.2) is 62.5 Å². The Bertz CT molecular complexity index is 1190. The highest BCUT2D eigenvalue weighted by molar-refractivity contribution is 6.30. The SMILES string of the molecule is CC1(C)CC(=O)C2=C(C1)Nc1ccccc1N(CC(=O)NCCN1CCOCC1)C2c1ccc(Cl)cc1. The van der Waals surface area contributed by atoms with E-state index in [1.165, 1.54) is 0 Å². The Hall–Kier alpha value is -2.87. The zero-order chi connectivity index (χ0) is 26.0. The molecule has 37 heavy (non-hydrogen) atoms. The Morgan fingerprint density at radius 3 is 2.59 bits per heavy atom. The number of carbonyl (C=O) groups excluding carboxylic acids is 2. The lowest BCUT2D eigenvalue weighted by Gasteiger charge is -2.38. The van der Waals surface area contributed by atoms with E-state index < -0.39 is 6.04 Å². The minimum Gasteiger partial charge on any atom is -0.379 e. The number of allylic oxidation sites excluding steroid dienone is 1. The molecule has 7 nitrogen and oxygen atoms in total. The smallest absolute Gasteiger partial charge is 0.239 e. The van der Waals surface area contributed by atoms with Crippen LogP contribution in [0.5, 0.6) is 0 Å². The number of ether oxygens (including phenoxy) is 1. The number of nitrogens with one attached hydrogen (secondary N) is 2. The Morgan fingerprint density at radius 1 is 1.11 bits per heavy atom. The number of hydrogen-bond donors (Lipinski definition) is 2. The molecule has 196 valence electrons. The monoisotopic (exact) mass is 522 g/mol. The molecule has 2 aromatic rings. The maximum absolute atomic E-state index is 13.7. The standard InChI is InChI=1S/C29H35ClN4O3/c1-29(2)17-23-27(25(35)18-29)28(20-7-9-21(30)10-8-20)34(24-6-4-3-5-22(24)32-23)19-26(36)31-11-12-33-13-15-37-16-14-33/h3-10,28,32H,11-19H2,1-2H3,(H,31,36). The first-order valence-corrected chi connectivity index (χ1v) is 13.4. The van der Waals surface area contributed by atoms with Crippen molar-refractivity contribution in [2.24, 2.45) is 5.41 Å². The van der Waals surface area contributed by atoms with Gasteiger partial charge < -0.3 is 20.3 Å². The number of anilines is 2. The third-order valence-electron chi connectivity index (χ3n) is 7.36. The summed E-state index contributed by atoms with van der Waals surface area (Å²) in [5.41, 5.74) is 4.25. The van der Waals surface area contributed by atoms with Gasteiger partial charge in [0.05, 0.1) is 37.2 Å². The van der Waals surface area contributed by atoms with Crippen LogP contribution in [0.15, 0.2) is 59.8 Å². The molecule has 1 aliphatic carbocycles. The fraction of sp³-hybridized carbons (Fsp3) is 0.448. The normalized spacial score (nSPS) is 21.5. The predicted octanol–water partition coefficient (Wildman–Crippen LogP) is 4.40. The third kappa shape index (κ3) is 5.84. The number of halogens is 1. The van der Waals surface area contributed by atoms with Crippen LogP contribution < -0.4 is 15.5 Å². The highest BCUT2D eigenvalue weighted by Crippen LogP contribution is 2.48. The molecule has 0 spiro atoms. The zero-order valence-electron chi connectivity index (χ0n) is 21.6. The van der Waals surface area contributed by atoms with Crippen LogP contribution in [0.2, 0.25) is 5.02 Å². The molecule has 2 aromatic carbocycles. The number of ketones is 1. The number of para-hydroxylation sites is 2. The number of carbonyl (C=O) groups is 2. The van der Waals surface area contributed by atoms with Crippen LogP contribution in [0.4, 0.5) is 11.4 Å². The van der Waals surface area contributed by atoms with E-state index in [0.717, 1.165) is 67.5 Å². The number of fused-ring (bicyclic) bond motifs is 1. The van der Waals surface area contributed by atoms with E-state index in [1.807, 2.05) is 48.5 Å². The van der Waals surface area contributed by atoms with Crippen LogP contribution in [-0.2, 0) is 14.3 Å². The van der Waals surface area contributed by atoms with E-state index in [4.69, 9.17) is 16.3 Å². The van der Waals surface area contributed by atoms with Gasteiger partial charge in [-0.25, -0.2) is 0 Å². The lowest BCUT2D eigenvalue weighted by Crippen LogP contribution is -2.45. The molecule has 2 aliphatic heterocycles. The van der Waals surface area contributed by atoms with Gasteiger partial charge in [-0.15, -0.1) is 0 Å². The van der Waals surface area contributed by atoms with Crippen molar-refractivity contribution in [1.82, 2.24) is 10.2 Å². The van der Waals surface area contributed by atoms with Gasteiger partial charge in [0.1, 0.15) is 0 Å². The summed E-state index contributed by atoms with van der Waals surface area (Å²) in [6.45, 7) is 8.98. The second kappa shape index (κ2) is 10.9. The average Bonchev–Trinajstić information content (AvgIpc) is 2.99. The fourth-order valence-electron chi connectivity index (χ4n) is 5.61. The lowest BCUT2D eigenvalue weighted by atomic mass is 9.73. The highest BCUT2D eigenvalue weighted by Gasteiger charge is 2.41. The maximum Gasteiger partial charge on any atom is 0.239 e. The van der Waals surface area contributed by atoms with E-state index in [0.29, 0.717) is 18.0 Å². The molecule has 1 saturated heterocycles. The Morgan fingerprint density at radius 2 is 1.84 bits per heavy atom.